The predicted molar refractivity (Wildman–Crippen MR) is 77.7 cm³/mol. The van der Waals surface area contributed by atoms with E-state index in [0.29, 0.717) is 6.61 Å². The molecule has 0 aromatic heterocycles. The highest BCUT2D eigenvalue weighted by Crippen LogP contribution is 2.22. The van der Waals surface area contributed by atoms with Gasteiger partial charge in [-0.25, -0.2) is 0 Å². The van der Waals surface area contributed by atoms with E-state index in [2.05, 4.69) is 6.92 Å². The van der Waals surface area contributed by atoms with Crippen molar-refractivity contribution in [3.05, 3.63) is 0 Å². The molecule has 0 spiro atoms. The van der Waals surface area contributed by atoms with Gasteiger partial charge in [0.2, 0.25) is 0 Å². The third-order valence-electron chi connectivity index (χ3n) is 3.88. The van der Waals surface area contributed by atoms with Crippen LogP contribution < -0.4 is 0 Å². The highest BCUT2D eigenvalue weighted by Gasteiger charge is 2.43. The Morgan fingerprint density at radius 2 is 1.48 bits per heavy atom. The lowest BCUT2D eigenvalue weighted by molar-refractivity contribution is -0.301. The molecule has 1 heterocycles. The predicted octanol–water partition coefficient (Wildman–Crippen LogP) is 0.553. The Hall–Kier alpha value is -0.240. The van der Waals surface area contributed by atoms with Crippen LogP contribution in [0.1, 0.15) is 51.9 Å². The van der Waals surface area contributed by atoms with Crippen LogP contribution in [0.2, 0.25) is 0 Å². The minimum Gasteiger partial charge on any atom is -0.394 e. The number of rotatable bonds is 10. The molecule has 0 aromatic carbocycles. The van der Waals surface area contributed by atoms with E-state index in [9.17, 15) is 15.3 Å². The van der Waals surface area contributed by atoms with Gasteiger partial charge in [-0.1, -0.05) is 45.4 Å². The average molecular weight is 306 g/mol. The number of ether oxygens (including phenoxy) is 2. The van der Waals surface area contributed by atoms with Gasteiger partial charge < -0.3 is 29.9 Å². The largest absolute Gasteiger partial charge is 0.394 e. The van der Waals surface area contributed by atoms with Crippen molar-refractivity contribution in [2.75, 3.05) is 13.2 Å². The van der Waals surface area contributed by atoms with E-state index in [1.165, 1.54) is 25.7 Å². The first kappa shape index (κ1) is 18.8. The fourth-order valence-corrected chi connectivity index (χ4v) is 2.46. The van der Waals surface area contributed by atoms with Crippen LogP contribution in [-0.2, 0) is 9.47 Å². The van der Waals surface area contributed by atoms with Crippen LogP contribution in [0.15, 0.2) is 0 Å². The maximum atomic E-state index is 9.78. The van der Waals surface area contributed by atoms with Crippen molar-refractivity contribution in [2.45, 2.75) is 82.6 Å². The molecule has 1 aliphatic rings. The van der Waals surface area contributed by atoms with Crippen LogP contribution in [0.4, 0.5) is 0 Å². The molecular formula is C15H30O6. The lowest BCUT2D eigenvalue weighted by Crippen LogP contribution is -2.59. The fourth-order valence-electron chi connectivity index (χ4n) is 2.46. The summed E-state index contributed by atoms with van der Waals surface area (Å²) in [5.74, 6) is 0. The molecule has 0 aromatic rings. The topological polar surface area (TPSA) is 99.4 Å². The van der Waals surface area contributed by atoms with E-state index >= 15 is 0 Å². The van der Waals surface area contributed by atoms with E-state index in [-0.39, 0.29) is 0 Å². The summed E-state index contributed by atoms with van der Waals surface area (Å²) >= 11 is 0. The molecule has 1 fully saturated rings. The summed E-state index contributed by atoms with van der Waals surface area (Å²) in [6.45, 7) is 2.19. The summed E-state index contributed by atoms with van der Waals surface area (Å²) in [6.07, 6.45) is 2.20. The molecule has 0 saturated carbocycles. The molecule has 21 heavy (non-hydrogen) atoms. The van der Waals surface area contributed by atoms with Gasteiger partial charge >= 0.3 is 0 Å². The van der Waals surface area contributed by atoms with Gasteiger partial charge in [-0.05, 0) is 6.42 Å². The van der Waals surface area contributed by atoms with Crippen molar-refractivity contribution in [3.63, 3.8) is 0 Å². The second kappa shape index (κ2) is 10.5. The summed E-state index contributed by atoms with van der Waals surface area (Å²) in [4.78, 5) is 0. The van der Waals surface area contributed by atoms with Gasteiger partial charge in [0.25, 0.3) is 0 Å². The average Bonchev–Trinajstić information content (AvgIpc) is 2.49. The molecule has 5 atom stereocenters. The van der Waals surface area contributed by atoms with Crippen molar-refractivity contribution >= 4 is 0 Å². The second-order valence-electron chi connectivity index (χ2n) is 5.69. The van der Waals surface area contributed by atoms with E-state index < -0.39 is 37.3 Å². The highest BCUT2D eigenvalue weighted by atomic mass is 16.7. The summed E-state index contributed by atoms with van der Waals surface area (Å²) in [6, 6.07) is 0. The Kier molecular flexibility index (Phi) is 9.39. The monoisotopic (exact) mass is 306 g/mol. The van der Waals surface area contributed by atoms with Crippen LogP contribution in [-0.4, -0.2) is 64.3 Å². The minimum absolute atomic E-state index is 0.427. The van der Waals surface area contributed by atoms with Gasteiger partial charge in [0.15, 0.2) is 6.29 Å². The van der Waals surface area contributed by atoms with E-state index in [1.54, 1.807) is 0 Å². The quantitative estimate of drug-likeness (QED) is 0.440. The Labute approximate surface area is 126 Å². The van der Waals surface area contributed by atoms with Crippen LogP contribution >= 0.6 is 0 Å². The number of aliphatic hydroxyl groups is 4. The molecule has 1 aliphatic heterocycles. The first-order valence-electron chi connectivity index (χ1n) is 8.04. The zero-order valence-corrected chi connectivity index (χ0v) is 12.9. The third kappa shape index (κ3) is 6.18. The van der Waals surface area contributed by atoms with Gasteiger partial charge in [-0.2, -0.15) is 0 Å². The van der Waals surface area contributed by atoms with Crippen molar-refractivity contribution in [1.82, 2.24) is 0 Å². The molecule has 0 aliphatic carbocycles. The van der Waals surface area contributed by atoms with E-state index in [0.717, 1.165) is 19.3 Å². The Morgan fingerprint density at radius 3 is 2.10 bits per heavy atom. The van der Waals surface area contributed by atoms with Crippen LogP contribution in [0, 0.1) is 0 Å². The molecule has 6 heteroatoms. The van der Waals surface area contributed by atoms with Gasteiger partial charge in [-0.15, -0.1) is 0 Å². The fraction of sp³-hybridized carbons (Fsp3) is 1.00. The maximum absolute atomic E-state index is 9.78. The van der Waals surface area contributed by atoms with Crippen LogP contribution in [0.25, 0.3) is 0 Å². The van der Waals surface area contributed by atoms with Crippen molar-refractivity contribution in [2.24, 2.45) is 0 Å². The highest BCUT2D eigenvalue weighted by molar-refractivity contribution is 4.88. The summed E-state index contributed by atoms with van der Waals surface area (Å²) < 4.78 is 10.7. The molecule has 0 bridgehead atoms. The Morgan fingerprint density at radius 1 is 0.857 bits per heavy atom. The minimum atomic E-state index is -1.37. The molecule has 0 unspecified atom stereocenters. The molecule has 0 amide bonds. The van der Waals surface area contributed by atoms with Crippen LogP contribution in [0.3, 0.4) is 0 Å². The molecule has 0 radical (unpaired) electrons. The number of aliphatic hydroxyl groups excluding tert-OH is 4. The zero-order chi connectivity index (χ0) is 15.7. The number of hydrogen-bond donors (Lipinski definition) is 4. The summed E-state index contributed by atoms with van der Waals surface area (Å²) in [7, 11) is 0. The molecule has 6 nitrogen and oxygen atoms in total. The normalized spacial score (nSPS) is 33.3. The lowest BCUT2D eigenvalue weighted by Gasteiger charge is -2.39. The van der Waals surface area contributed by atoms with Crippen molar-refractivity contribution < 1.29 is 29.9 Å². The van der Waals surface area contributed by atoms with Crippen LogP contribution in [0.5, 0.6) is 0 Å². The summed E-state index contributed by atoms with van der Waals surface area (Å²) in [5, 5.41) is 38.1. The number of unbranched alkanes of at least 4 members (excludes halogenated alkanes) is 6. The molecule has 126 valence electrons. The first-order chi connectivity index (χ1) is 10.1. The van der Waals surface area contributed by atoms with Crippen molar-refractivity contribution in [3.8, 4) is 0 Å². The molecule has 1 saturated heterocycles. The third-order valence-corrected chi connectivity index (χ3v) is 3.88. The van der Waals surface area contributed by atoms with E-state index in [1.807, 2.05) is 0 Å². The van der Waals surface area contributed by atoms with Gasteiger partial charge in [0, 0.05) is 6.61 Å². The van der Waals surface area contributed by atoms with Crippen molar-refractivity contribution in [1.29, 1.82) is 0 Å². The first-order valence-corrected chi connectivity index (χ1v) is 8.04. The maximum Gasteiger partial charge on any atom is 0.186 e. The van der Waals surface area contributed by atoms with Gasteiger partial charge in [-0.3, -0.25) is 0 Å². The lowest BCUT2D eigenvalue weighted by atomic mass is 9.99. The summed E-state index contributed by atoms with van der Waals surface area (Å²) in [5.41, 5.74) is 0. The molecular weight excluding hydrogens is 276 g/mol. The molecule has 4 N–H and O–H groups in total. The second-order valence-corrected chi connectivity index (χ2v) is 5.69. The van der Waals surface area contributed by atoms with E-state index in [4.69, 9.17) is 14.6 Å². The smallest absolute Gasteiger partial charge is 0.186 e. The SMILES string of the molecule is CCCCCCCCCO[C@H]1O[C@@H](CO)[C@@H](O)[C@@H](O)[C@@H]1O. The number of hydrogen-bond acceptors (Lipinski definition) is 6. The zero-order valence-electron chi connectivity index (χ0n) is 12.9. The Balaban J connectivity index is 2.16. The van der Waals surface area contributed by atoms with Gasteiger partial charge in [0.1, 0.15) is 24.4 Å². The molecule has 1 rings (SSSR count). The standard InChI is InChI=1S/C15H30O6/c1-2-3-4-5-6-7-8-9-20-15-14(19)13(18)12(17)11(10-16)21-15/h11-19H,2-10H2,1H3/t11-,12+,13+,14-,15-/m0/s1. The Bertz CT molecular complexity index is 261. The van der Waals surface area contributed by atoms with Gasteiger partial charge in [0.05, 0.1) is 6.61 Å².